The normalized spacial score (nSPS) is 20.6. The second-order valence-electron chi connectivity index (χ2n) is 9.74. The number of carbonyl (C=O) groups excluding carboxylic acids is 1. The number of thioether (sulfide) groups is 1. The minimum Gasteiger partial charge on any atom is -0.461 e. The van der Waals surface area contributed by atoms with Gasteiger partial charge in [-0.05, 0) is 60.9 Å². The first-order valence-electron chi connectivity index (χ1n) is 12.1. The first-order valence-corrected chi connectivity index (χ1v) is 13.0. The lowest BCUT2D eigenvalue weighted by atomic mass is 9.75. The Morgan fingerprint density at radius 1 is 1.17 bits per heavy atom. The SMILES string of the molecule is CC(C)[C@H]1CC[C@H](C)C[C@H]1OC(=O)CSc1nc2ccccc2c(=O)n1-c1cccc(C(F)(F)F)c1. The second kappa shape index (κ2) is 10.7. The lowest BCUT2D eigenvalue weighted by Crippen LogP contribution is -2.36. The Hall–Kier alpha value is -2.81. The standard InChI is InChI=1S/C27H29F3N2O3S/c1-16(2)20-12-11-17(3)13-23(20)35-24(33)15-36-26-31-22-10-5-4-9-21(22)25(34)32(26)19-8-6-7-18(14-19)27(28,29)30/h4-10,14,16-17,20,23H,11-13,15H2,1-3H3/t17-,20+,23+/m0/s1. The third-order valence-electron chi connectivity index (χ3n) is 6.74. The van der Waals surface area contributed by atoms with Crippen LogP contribution >= 0.6 is 11.8 Å². The molecule has 0 saturated heterocycles. The first-order chi connectivity index (χ1) is 17.0. The molecule has 0 radical (unpaired) electrons. The summed E-state index contributed by atoms with van der Waals surface area (Å²) < 4.78 is 47.1. The predicted molar refractivity (Wildman–Crippen MR) is 134 cm³/mol. The molecular weight excluding hydrogens is 489 g/mol. The van der Waals surface area contributed by atoms with E-state index in [1.807, 2.05) is 0 Å². The largest absolute Gasteiger partial charge is 0.461 e. The van der Waals surface area contributed by atoms with Crippen molar-refractivity contribution in [2.45, 2.75) is 57.5 Å². The van der Waals surface area contributed by atoms with Crippen molar-refractivity contribution in [1.82, 2.24) is 9.55 Å². The van der Waals surface area contributed by atoms with Crippen LogP contribution in [0.3, 0.4) is 0 Å². The second-order valence-corrected chi connectivity index (χ2v) is 10.7. The van der Waals surface area contributed by atoms with Crippen LogP contribution in [0.1, 0.15) is 45.6 Å². The zero-order valence-electron chi connectivity index (χ0n) is 20.4. The molecule has 5 nitrogen and oxygen atoms in total. The number of nitrogens with zero attached hydrogens (tertiary/aromatic N) is 2. The highest BCUT2D eigenvalue weighted by Gasteiger charge is 2.34. The molecular formula is C27H29F3N2O3S. The van der Waals surface area contributed by atoms with Crippen molar-refractivity contribution in [1.29, 1.82) is 0 Å². The van der Waals surface area contributed by atoms with E-state index in [1.54, 1.807) is 24.3 Å². The van der Waals surface area contributed by atoms with Gasteiger partial charge in [0.25, 0.3) is 5.56 Å². The van der Waals surface area contributed by atoms with E-state index in [0.29, 0.717) is 17.4 Å². The fraction of sp³-hybridized carbons (Fsp3) is 0.444. The number of alkyl halides is 3. The highest BCUT2D eigenvalue weighted by Crippen LogP contribution is 2.36. The van der Waals surface area contributed by atoms with E-state index in [9.17, 15) is 22.8 Å². The highest BCUT2D eigenvalue weighted by atomic mass is 32.2. The summed E-state index contributed by atoms with van der Waals surface area (Å²) in [4.78, 5) is 30.7. The highest BCUT2D eigenvalue weighted by molar-refractivity contribution is 7.99. The molecule has 192 valence electrons. The van der Waals surface area contributed by atoms with E-state index >= 15 is 0 Å². The Kier molecular flexibility index (Phi) is 7.78. The van der Waals surface area contributed by atoms with Crippen LogP contribution in [-0.2, 0) is 15.7 Å². The van der Waals surface area contributed by atoms with Gasteiger partial charge >= 0.3 is 12.1 Å². The fourth-order valence-corrected chi connectivity index (χ4v) is 5.63. The number of carbonyl (C=O) groups is 1. The average molecular weight is 519 g/mol. The molecule has 2 aromatic carbocycles. The Morgan fingerprint density at radius 3 is 2.64 bits per heavy atom. The summed E-state index contributed by atoms with van der Waals surface area (Å²) in [5.41, 5.74) is -0.939. The third-order valence-corrected chi connectivity index (χ3v) is 7.65. The number of para-hydroxylation sites is 1. The Morgan fingerprint density at radius 2 is 1.92 bits per heavy atom. The van der Waals surface area contributed by atoms with Gasteiger partial charge in [-0.15, -0.1) is 0 Å². The van der Waals surface area contributed by atoms with Gasteiger partial charge in [0.2, 0.25) is 0 Å². The van der Waals surface area contributed by atoms with Crippen molar-refractivity contribution < 1.29 is 22.7 Å². The third kappa shape index (κ3) is 5.77. The maximum Gasteiger partial charge on any atom is 0.416 e. The number of hydrogen-bond donors (Lipinski definition) is 0. The van der Waals surface area contributed by atoms with Gasteiger partial charge in [-0.25, -0.2) is 4.98 Å². The van der Waals surface area contributed by atoms with Crippen LogP contribution < -0.4 is 5.56 Å². The average Bonchev–Trinajstić information content (AvgIpc) is 2.82. The van der Waals surface area contributed by atoms with E-state index in [-0.39, 0.29) is 34.0 Å². The molecule has 1 aliphatic rings. The zero-order chi connectivity index (χ0) is 26.0. The lowest BCUT2D eigenvalue weighted by molar-refractivity contribution is -0.152. The molecule has 0 aliphatic heterocycles. The summed E-state index contributed by atoms with van der Waals surface area (Å²) in [6, 6.07) is 11.2. The maximum atomic E-state index is 13.4. The number of halogens is 3. The van der Waals surface area contributed by atoms with Gasteiger partial charge < -0.3 is 4.74 Å². The summed E-state index contributed by atoms with van der Waals surface area (Å²) in [7, 11) is 0. The van der Waals surface area contributed by atoms with E-state index in [1.165, 1.54) is 12.1 Å². The van der Waals surface area contributed by atoms with E-state index in [0.717, 1.165) is 47.7 Å². The van der Waals surface area contributed by atoms with Crippen molar-refractivity contribution in [2.24, 2.45) is 17.8 Å². The number of esters is 1. The van der Waals surface area contributed by atoms with Gasteiger partial charge in [0.05, 0.1) is 27.9 Å². The molecule has 9 heteroatoms. The molecule has 36 heavy (non-hydrogen) atoms. The summed E-state index contributed by atoms with van der Waals surface area (Å²) in [5.74, 6) is 0.606. The van der Waals surface area contributed by atoms with Crippen LogP contribution in [0.5, 0.6) is 0 Å². The minimum absolute atomic E-state index is 0.0323. The predicted octanol–water partition coefficient (Wildman–Crippen LogP) is 6.50. The van der Waals surface area contributed by atoms with Gasteiger partial charge in [0, 0.05) is 0 Å². The smallest absolute Gasteiger partial charge is 0.416 e. The molecule has 1 saturated carbocycles. The van der Waals surface area contributed by atoms with Crippen LogP contribution in [0, 0.1) is 17.8 Å². The van der Waals surface area contributed by atoms with E-state index in [2.05, 4.69) is 25.8 Å². The summed E-state index contributed by atoms with van der Waals surface area (Å²) in [6.07, 6.45) is -1.81. The van der Waals surface area contributed by atoms with Crippen LogP contribution in [0.2, 0.25) is 0 Å². The number of aromatic nitrogens is 2. The van der Waals surface area contributed by atoms with Gasteiger partial charge in [0.1, 0.15) is 6.10 Å². The first kappa shape index (κ1) is 26.3. The molecule has 1 fully saturated rings. The molecule has 0 bridgehead atoms. The molecule has 1 aromatic heterocycles. The maximum absolute atomic E-state index is 13.4. The minimum atomic E-state index is -4.56. The summed E-state index contributed by atoms with van der Waals surface area (Å²) >= 11 is 0.987. The van der Waals surface area contributed by atoms with Crippen LogP contribution in [-0.4, -0.2) is 27.4 Å². The van der Waals surface area contributed by atoms with Crippen molar-refractivity contribution in [2.75, 3.05) is 5.75 Å². The zero-order valence-corrected chi connectivity index (χ0v) is 21.2. The van der Waals surface area contributed by atoms with E-state index in [4.69, 9.17) is 4.74 Å². The van der Waals surface area contributed by atoms with Gasteiger partial charge in [-0.3, -0.25) is 14.2 Å². The molecule has 3 atom stereocenters. The van der Waals surface area contributed by atoms with Gasteiger partial charge in [0.15, 0.2) is 5.16 Å². The molecule has 0 amide bonds. The van der Waals surface area contributed by atoms with Crippen molar-refractivity contribution in [3.63, 3.8) is 0 Å². The number of hydrogen-bond acceptors (Lipinski definition) is 5. The number of rotatable bonds is 6. The Bertz CT molecular complexity index is 1310. The van der Waals surface area contributed by atoms with Gasteiger partial charge in [-0.1, -0.05) is 57.2 Å². The van der Waals surface area contributed by atoms with Crippen LogP contribution in [0.4, 0.5) is 13.2 Å². The summed E-state index contributed by atoms with van der Waals surface area (Å²) in [5, 5.41) is 0.408. The number of fused-ring (bicyclic) bond motifs is 1. The molecule has 1 heterocycles. The molecule has 4 rings (SSSR count). The molecule has 0 N–H and O–H groups in total. The quantitative estimate of drug-likeness (QED) is 0.212. The van der Waals surface area contributed by atoms with Crippen molar-refractivity contribution >= 4 is 28.6 Å². The summed E-state index contributed by atoms with van der Waals surface area (Å²) in [6.45, 7) is 6.41. The van der Waals surface area contributed by atoms with Crippen molar-refractivity contribution in [3.05, 3.63) is 64.4 Å². The van der Waals surface area contributed by atoms with E-state index < -0.39 is 23.3 Å². The monoisotopic (exact) mass is 518 g/mol. The molecule has 1 aliphatic carbocycles. The molecule has 3 aromatic rings. The molecule has 0 unspecified atom stereocenters. The Labute approximate surface area is 212 Å². The van der Waals surface area contributed by atoms with Crippen LogP contribution in [0.25, 0.3) is 16.6 Å². The number of ether oxygens (including phenoxy) is 1. The molecule has 0 spiro atoms. The Balaban J connectivity index is 1.64. The van der Waals surface area contributed by atoms with Crippen molar-refractivity contribution in [3.8, 4) is 5.69 Å². The van der Waals surface area contributed by atoms with Crippen LogP contribution in [0.15, 0.2) is 58.5 Å². The topological polar surface area (TPSA) is 61.2 Å². The fourth-order valence-electron chi connectivity index (χ4n) is 4.83. The van der Waals surface area contributed by atoms with Gasteiger partial charge in [-0.2, -0.15) is 13.2 Å². The number of benzene rings is 2. The lowest BCUT2D eigenvalue weighted by Gasteiger charge is -2.36.